The minimum atomic E-state index is 0.109. The molecule has 1 saturated heterocycles. The summed E-state index contributed by atoms with van der Waals surface area (Å²) in [5.41, 5.74) is 3.05. The molecule has 6 heteroatoms. The molecule has 0 spiro atoms. The number of benzene rings is 3. The third-order valence-corrected chi connectivity index (χ3v) is 6.92. The van der Waals surface area contributed by atoms with Crippen molar-refractivity contribution >= 4 is 17.9 Å². The van der Waals surface area contributed by atoms with Gasteiger partial charge in [0.1, 0.15) is 5.75 Å². The molecule has 1 aliphatic heterocycles. The highest BCUT2D eigenvalue weighted by molar-refractivity contribution is 5.79. The Morgan fingerprint density at radius 1 is 0.816 bits per heavy atom. The van der Waals surface area contributed by atoms with Gasteiger partial charge >= 0.3 is 0 Å². The van der Waals surface area contributed by atoms with Gasteiger partial charge in [0.25, 0.3) is 0 Å². The average Bonchev–Trinajstić information content (AvgIpc) is 2.96. The third-order valence-electron chi connectivity index (χ3n) is 6.92. The summed E-state index contributed by atoms with van der Waals surface area (Å²) in [5.74, 6) is 1.10. The van der Waals surface area contributed by atoms with Crippen molar-refractivity contribution in [2.75, 3.05) is 52.9 Å². The number of amides is 2. The molecule has 0 aliphatic carbocycles. The highest BCUT2D eigenvalue weighted by Gasteiger charge is 2.22. The van der Waals surface area contributed by atoms with Crippen LogP contribution in [0.1, 0.15) is 16.7 Å². The van der Waals surface area contributed by atoms with Gasteiger partial charge in [-0.2, -0.15) is 0 Å². The highest BCUT2D eigenvalue weighted by atomic mass is 16.5. The first-order valence-corrected chi connectivity index (χ1v) is 13.3. The molecule has 2 amide bonds. The summed E-state index contributed by atoms with van der Waals surface area (Å²) in [6.07, 6.45) is 4.87. The second kappa shape index (κ2) is 14.1. The zero-order chi connectivity index (χ0) is 26.6. The number of rotatable bonds is 11. The molecule has 0 bridgehead atoms. The van der Waals surface area contributed by atoms with Crippen molar-refractivity contribution in [1.29, 1.82) is 0 Å². The molecule has 0 aromatic heterocycles. The standard InChI is InChI=1S/C32H37N3O3/c1-38-30-17-9-8-15-29(30)16-10-18-34(31(36)25-27-11-4-2-5-12-27)22-19-33-20-23-35(24-21-33)32(37)26-28-13-6-3-7-14-28/h2-17H,18-26H2,1H3/b16-10+. The van der Waals surface area contributed by atoms with Crippen LogP contribution in [0.15, 0.2) is 91.0 Å². The van der Waals surface area contributed by atoms with E-state index in [2.05, 4.69) is 4.90 Å². The summed E-state index contributed by atoms with van der Waals surface area (Å²) < 4.78 is 5.45. The number of para-hydroxylation sites is 1. The topological polar surface area (TPSA) is 53.1 Å². The van der Waals surface area contributed by atoms with Crippen LogP contribution in [0, 0.1) is 0 Å². The Kier molecular flexibility index (Phi) is 10.1. The molecule has 1 aliphatic rings. The van der Waals surface area contributed by atoms with Gasteiger partial charge in [0.2, 0.25) is 11.8 Å². The van der Waals surface area contributed by atoms with Crippen LogP contribution in [0.2, 0.25) is 0 Å². The van der Waals surface area contributed by atoms with Crippen LogP contribution in [-0.2, 0) is 22.4 Å². The van der Waals surface area contributed by atoms with Gasteiger partial charge in [-0.15, -0.1) is 0 Å². The largest absolute Gasteiger partial charge is 0.496 e. The maximum absolute atomic E-state index is 13.3. The Bertz CT molecular complexity index is 1190. The molecule has 38 heavy (non-hydrogen) atoms. The molecule has 1 heterocycles. The lowest BCUT2D eigenvalue weighted by molar-refractivity contribution is -0.132. The number of carbonyl (C=O) groups is 2. The molecule has 0 saturated carbocycles. The maximum Gasteiger partial charge on any atom is 0.227 e. The van der Waals surface area contributed by atoms with Crippen molar-refractivity contribution in [3.8, 4) is 5.75 Å². The lowest BCUT2D eigenvalue weighted by Gasteiger charge is -2.36. The Morgan fingerprint density at radius 3 is 2.08 bits per heavy atom. The zero-order valence-corrected chi connectivity index (χ0v) is 22.2. The number of methoxy groups -OCH3 is 1. The van der Waals surface area contributed by atoms with Crippen LogP contribution in [0.25, 0.3) is 6.08 Å². The van der Waals surface area contributed by atoms with Gasteiger partial charge < -0.3 is 14.5 Å². The maximum atomic E-state index is 13.3. The van der Waals surface area contributed by atoms with Gasteiger partial charge in [-0.1, -0.05) is 91.0 Å². The first-order chi connectivity index (χ1) is 18.6. The van der Waals surface area contributed by atoms with Crippen LogP contribution >= 0.6 is 0 Å². The summed E-state index contributed by atoms with van der Waals surface area (Å²) in [6.45, 7) is 5.02. The number of piperazine rings is 1. The minimum Gasteiger partial charge on any atom is -0.496 e. The fraction of sp³-hybridized carbons (Fsp3) is 0.312. The molecular weight excluding hydrogens is 474 g/mol. The van der Waals surface area contributed by atoms with E-state index in [1.54, 1.807) is 7.11 Å². The molecule has 3 aromatic rings. The molecule has 198 valence electrons. The molecule has 0 radical (unpaired) electrons. The summed E-state index contributed by atoms with van der Waals surface area (Å²) in [6, 6.07) is 27.6. The normalized spacial score (nSPS) is 14.0. The van der Waals surface area contributed by atoms with E-state index >= 15 is 0 Å². The summed E-state index contributed by atoms with van der Waals surface area (Å²) in [5, 5.41) is 0. The molecule has 0 N–H and O–H groups in total. The minimum absolute atomic E-state index is 0.109. The van der Waals surface area contributed by atoms with Crippen LogP contribution in [0.5, 0.6) is 5.75 Å². The Morgan fingerprint density at radius 2 is 1.42 bits per heavy atom. The van der Waals surface area contributed by atoms with Crippen molar-refractivity contribution in [2.45, 2.75) is 12.8 Å². The van der Waals surface area contributed by atoms with Crippen LogP contribution in [0.3, 0.4) is 0 Å². The smallest absolute Gasteiger partial charge is 0.227 e. The predicted octanol–water partition coefficient (Wildman–Crippen LogP) is 4.17. The van der Waals surface area contributed by atoms with Crippen molar-refractivity contribution in [2.24, 2.45) is 0 Å². The third kappa shape index (κ3) is 8.05. The van der Waals surface area contributed by atoms with Gasteiger partial charge in [-0.05, 0) is 17.2 Å². The van der Waals surface area contributed by atoms with Crippen molar-refractivity contribution in [3.05, 3.63) is 108 Å². The first-order valence-electron chi connectivity index (χ1n) is 13.3. The van der Waals surface area contributed by atoms with E-state index in [1.807, 2.05) is 107 Å². The van der Waals surface area contributed by atoms with Gasteiger partial charge in [0, 0.05) is 51.4 Å². The monoisotopic (exact) mass is 511 g/mol. The van der Waals surface area contributed by atoms with E-state index in [9.17, 15) is 9.59 Å². The quantitative estimate of drug-likeness (QED) is 0.388. The van der Waals surface area contributed by atoms with Crippen LogP contribution in [-0.4, -0.2) is 79.4 Å². The first kappa shape index (κ1) is 27.1. The average molecular weight is 512 g/mol. The molecule has 0 unspecified atom stereocenters. The number of carbonyl (C=O) groups excluding carboxylic acids is 2. The Hall–Kier alpha value is -3.90. The van der Waals surface area contributed by atoms with Gasteiger partial charge in [-0.3, -0.25) is 14.5 Å². The molecular formula is C32H37N3O3. The van der Waals surface area contributed by atoms with E-state index in [1.165, 1.54) is 0 Å². The van der Waals surface area contributed by atoms with Crippen molar-refractivity contribution in [1.82, 2.24) is 14.7 Å². The Labute approximate surface area is 226 Å². The summed E-state index contributed by atoms with van der Waals surface area (Å²) >= 11 is 0. The molecule has 0 atom stereocenters. The van der Waals surface area contributed by atoms with E-state index in [4.69, 9.17) is 4.74 Å². The molecule has 6 nitrogen and oxygen atoms in total. The second-order valence-corrected chi connectivity index (χ2v) is 9.53. The summed E-state index contributed by atoms with van der Waals surface area (Å²) in [7, 11) is 1.66. The van der Waals surface area contributed by atoms with Gasteiger partial charge in [-0.25, -0.2) is 0 Å². The molecule has 4 rings (SSSR count). The molecule has 1 fully saturated rings. The fourth-order valence-electron chi connectivity index (χ4n) is 4.68. The lowest BCUT2D eigenvalue weighted by atomic mass is 10.1. The van der Waals surface area contributed by atoms with Crippen LogP contribution < -0.4 is 4.74 Å². The molecule has 3 aromatic carbocycles. The number of hydrogen-bond donors (Lipinski definition) is 0. The van der Waals surface area contributed by atoms with E-state index in [-0.39, 0.29) is 11.8 Å². The summed E-state index contributed by atoms with van der Waals surface area (Å²) in [4.78, 5) is 32.2. The number of ether oxygens (including phenoxy) is 1. The second-order valence-electron chi connectivity index (χ2n) is 9.53. The predicted molar refractivity (Wildman–Crippen MR) is 152 cm³/mol. The highest BCUT2D eigenvalue weighted by Crippen LogP contribution is 2.18. The number of nitrogens with zero attached hydrogens (tertiary/aromatic N) is 3. The lowest BCUT2D eigenvalue weighted by Crippen LogP contribution is -2.51. The van der Waals surface area contributed by atoms with Gasteiger partial charge in [0.05, 0.1) is 20.0 Å². The van der Waals surface area contributed by atoms with E-state index < -0.39 is 0 Å². The van der Waals surface area contributed by atoms with E-state index in [0.29, 0.717) is 25.9 Å². The van der Waals surface area contributed by atoms with Crippen molar-refractivity contribution < 1.29 is 14.3 Å². The zero-order valence-electron chi connectivity index (χ0n) is 22.2. The van der Waals surface area contributed by atoms with E-state index in [0.717, 1.165) is 55.2 Å². The Balaban J connectivity index is 1.32. The number of hydrogen-bond acceptors (Lipinski definition) is 4. The van der Waals surface area contributed by atoms with Gasteiger partial charge in [0.15, 0.2) is 0 Å². The van der Waals surface area contributed by atoms with Crippen LogP contribution in [0.4, 0.5) is 0 Å². The SMILES string of the molecule is COc1ccccc1/C=C/CN(CCN1CCN(C(=O)Cc2ccccc2)CC1)C(=O)Cc1ccccc1. The fourth-order valence-corrected chi connectivity index (χ4v) is 4.68. The van der Waals surface area contributed by atoms with Crippen molar-refractivity contribution in [3.63, 3.8) is 0 Å².